The summed E-state index contributed by atoms with van der Waals surface area (Å²) in [6.07, 6.45) is 4.41. The van der Waals surface area contributed by atoms with E-state index >= 15 is 0 Å². The number of rotatable bonds is 0. The van der Waals surface area contributed by atoms with Gasteiger partial charge in [-0.3, -0.25) is 4.79 Å². The number of benzene rings is 1. The third kappa shape index (κ3) is 3.60. The van der Waals surface area contributed by atoms with Crippen molar-refractivity contribution >= 4 is 35.2 Å². The van der Waals surface area contributed by atoms with E-state index in [-0.39, 0.29) is 17.6 Å². The number of fused-ring (bicyclic) bond motifs is 2. The van der Waals surface area contributed by atoms with E-state index in [1.807, 2.05) is 30.4 Å². The lowest BCUT2D eigenvalue weighted by Crippen LogP contribution is -2.29. The fraction of sp³-hybridized carbons (Fsp3) is 0.222. The molecule has 0 aliphatic carbocycles. The van der Waals surface area contributed by atoms with Gasteiger partial charge in [-0.25, -0.2) is 9.37 Å². The second kappa shape index (κ2) is 6.91. The van der Waals surface area contributed by atoms with Crippen LogP contribution in [0.15, 0.2) is 30.3 Å². The molecule has 0 saturated carbocycles. The molecular weight excluding hydrogens is 350 g/mol. The zero-order valence-electron chi connectivity index (χ0n) is 13.0. The molecule has 1 amide bonds. The Morgan fingerprint density at radius 1 is 1.21 bits per heavy atom. The summed E-state index contributed by atoms with van der Waals surface area (Å²) in [7, 11) is 0. The average Bonchev–Trinajstić information content (AvgIpc) is 2.52. The minimum Gasteiger partial charge on any atom is -0.334 e. The number of allylic oxidation sites excluding steroid dienone is 1. The number of nitrogens with zero attached hydrogens (tertiary/aromatic N) is 2. The van der Waals surface area contributed by atoms with Crippen LogP contribution in [0.2, 0.25) is 10.2 Å². The molecule has 124 valence electrons. The lowest BCUT2D eigenvalue weighted by molar-refractivity contribution is -0.130. The summed E-state index contributed by atoms with van der Waals surface area (Å²) >= 11 is 11.9. The Balaban J connectivity index is 2.10. The van der Waals surface area contributed by atoms with Crippen molar-refractivity contribution in [3.8, 4) is 0 Å². The van der Waals surface area contributed by atoms with Crippen molar-refractivity contribution in [3.63, 3.8) is 0 Å². The van der Waals surface area contributed by atoms with Gasteiger partial charge >= 0.3 is 0 Å². The number of amides is 1. The molecule has 0 bridgehead atoms. The van der Waals surface area contributed by atoms with Crippen LogP contribution in [0, 0.1) is 5.82 Å². The van der Waals surface area contributed by atoms with Crippen molar-refractivity contribution in [2.24, 2.45) is 0 Å². The second-order valence-corrected chi connectivity index (χ2v) is 6.49. The van der Waals surface area contributed by atoms with Gasteiger partial charge in [0.2, 0.25) is 5.91 Å². The highest BCUT2D eigenvalue weighted by molar-refractivity contribution is 6.30. The first-order valence-electron chi connectivity index (χ1n) is 7.48. The van der Waals surface area contributed by atoms with E-state index in [1.165, 1.54) is 13.0 Å². The van der Waals surface area contributed by atoms with Gasteiger partial charge in [0.15, 0.2) is 11.0 Å². The Labute approximate surface area is 149 Å². The number of pyridine rings is 1. The monoisotopic (exact) mass is 364 g/mol. The van der Waals surface area contributed by atoms with E-state index in [2.05, 4.69) is 4.98 Å². The zero-order chi connectivity index (χ0) is 17.3. The summed E-state index contributed by atoms with van der Waals surface area (Å²) in [5.74, 6) is -0.685. The van der Waals surface area contributed by atoms with Crippen LogP contribution in [-0.4, -0.2) is 15.8 Å². The summed E-state index contributed by atoms with van der Waals surface area (Å²) in [6, 6.07) is 6.93. The molecule has 24 heavy (non-hydrogen) atoms. The van der Waals surface area contributed by atoms with E-state index in [4.69, 9.17) is 23.2 Å². The summed E-state index contributed by atoms with van der Waals surface area (Å²) in [5, 5.41) is 0.461. The molecule has 0 fully saturated rings. The minimum atomic E-state index is -0.580. The quantitative estimate of drug-likeness (QED) is 0.637. The maximum absolute atomic E-state index is 13.8. The van der Waals surface area contributed by atoms with Crippen molar-refractivity contribution in [2.45, 2.75) is 26.4 Å². The topological polar surface area (TPSA) is 33.2 Å². The van der Waals surface area contributed by atoms with E-state index in [0.717, 1.165) is 11.1 Å². The van der Waals surface area contributed by atoms with Crippen molar-refractivity contribution in [3.05, 3.63) is 68.7 Å². The average molecular weight is 365 g/mol. The fourth-order valence-electron chi connectivity index (χ4n) is 2.71. The third-order valence-electron chi connectivity index (χ3n) is 3.98. The molecule has 6 heteroatoms. The summed E-state index contributed by atoms with van der Waals surface area (Å²) in [6.45, 7) is 2.15. The van der Waals surface area contributed by atoms with Gasteiger partial charge in [-0.05, 0) is 34.9 Å². The number of aromatic nitrogens is 1. The standard InChI is InChI=1S/C18H15Cl2FN2O/c1-11(24)23-9-13-7-15(19)6-5-12(13)3-2-4-17-14(10-23)8-16(21)18(20)22-17/h2-3,5-8H,4,9-10H2,1H3/b3-2-. The molecule has 1 aliphatic heterocycles. The zero-order valence-corrected chi connectivity index (χ0v) is 14.5. The smallest absolute Gasteiger partial charge is 0.220 e. The van der Waals surface area contributed by atoms with E-state index < -0.39 is 5.82 Å². The van der Waals surface area contributed by atoms with E-state index in [1.54, 1.807) is 4.90 Å². The van der Waals surface area contributed by atoms with Crippen LogP contribution in [0.4, 0.5) is 4.39 Å². The Morgan fingerprint density at radius 3 is 2.71 bits per heavy atom. The van der Waals surface area contributed by atoms with E-state index in [0.29, 0.717) is 29.2 Å². The lowest BCUT2D eigenvalue weighted by Gasteiger charge is -2.24. The number of hydrogen-bond donors (Lipinski definition) is 0. The molecule has 3 nitrogen and oxygen atoms in total. The van der Waals surface area contributed by atoms with Gasteiger partial charge < -0.3 is 4.90 Å². The van der Waals surface area contributed by atoms with Crippen LogP contribution in [0.1, 0.15) is 29.3 Å². The van der Waals surface area contributed by atoms with Gasteiger partial charge in [0.05, 0.1) is 5.69 Å². The predicted molar refractivity (Wildman–Crippen MR) is 93.3 cm³/mol. The van der Waals surface area contributed by atoms with Crippen LogP contribution in [0.5, 0.6) is 0 Å². The molecule has 2 heterocycles. The van der Waals surface area contributed by atoms with Crippen molar-refractivity contribution in [1.29, 1.82) is 0 Å². The van der Waals surface area contributed by atoms with Crippen molar-refractivity contribution in [1.82, 2.24) is 9.88 Å². The Bertz CT molecular complexity index is 836. The molecule has 1 aromatic heterocycles. The first-order valence-corrected chi connectivity index (χ1v) is 8.24. The molecule has 2 aromatic rings. The molecule has 0 unspecified atom stereocenters. The highest BCUT2D eigenvalue weighted by atomic mass is 35.5. The molecule has 0 N–H and O–H groups in total. The number of carbonyl (C=O) groups is 1. The second-order valence-electron chi connectivity index (χ2n) is 5.69. The summed E-state index contributed by atoms with van der Waals surface area (Å²) in [5.41, 5.74) is 3.26. The Hall–Kier alpha value is -1.91. The molecule has 1 aliphatic rings. The van der Waals surface area contributed by atoms with Crippen molar-refractivity contribution < 1.29 is 9.18 Å². The molecule has 0 spiro atoms. The third-order valence-corrected chi connectivity index (χ3v) is 4.48. The highest BCUT2D eigenvalue weighted by Crippen LogP contribution is 2.24. The summed E-state index contributed by atoms with van der Waals surface area (Å²) < 4.78 is 13.8. The van der Waals surface area contributed by atoms with Crippen LogP contribution in [0.25, 0.3) is 6.08 Å². The van der Waals surface area contributed by atoms with Gasteiger partial charge in [-0.1, -0.05) is 41.4 Å². The SMILES string of the molecule is CC(=O)N1Cc2cc(Cl)ccc2/C=C\Cc2nc(Cl)c(F)cc2C1. The normalized spacial score (nSPS) is 15.4. The molecule has 0 saturated heterocycles. The Kier molecular flexibility index (Phi) is 4.88. The van der Waals surface area contributed by atoms with Gasteiger partial charge in [0.1, 0.15) is 0 Å². The van der Waals surface area contributed by atoms with Gasteiger partial charge in [0, 0.05) is 31.5 Å². The van der Waals surface area contributed by atoms with E-state index in [9.17, 15) is 9.18 Å². The first kappa shape index (κ1) is 16.9. The predicted octanol–water partition coefficient (Wildman–Crippen LogP) is 4.65. The lowest BCUT2D eigenvalue weighted by atomic mass is 10.0. The molecule has 0 atom stereocenters. The minimum absolute atomic E-state index is 0.105. The van der Waals surface area contributed by atoms with Crippen LogP contribution >= 0.6 is 23.2 Å². The maximum atomic E-state index is 13.8. The highest BCUT2D eigenvalue weighted by Gasteiger charge is 2.18. The molecule has 3 rings (SSSR count). The number of carbonyl (C=O) groups excluding carboxylic acids is 1. The fourth-order valence-corrected chi connectivity index (χ4v) is 3.07. The first-order chi connectivity index (χ1) is 11.4. The number of hydrogen-bond acceptors (Lipinski definition) is 2. The van der Waals surface area contributed by atoms with Crippen molar-refractivity contribution in [2.75, 3.05) is 0 Å². The van der Waals surface area contributed by atoms with Gasteiger partial charge in [-0.15, -0.1) is 0 Å². The maximum Gasteiger partial charge on any atom is 0.220 e. The Morgan fingerprint density at radius 2 is 1.96 bits per heavy atom. The van der Waals surface area contributed by atoms with Crippen LogP contribution in [-0.2, 0) is 24.3 Å². The molecule has 1 aromatic carbocycles. The molecule has 0 radical (unpaired) electrons. The van der Waals surface area contributed by atoms with Crippen LogP contribution in [0.3, 0.4) is 0 Å². The number of halogens is 3. The van der Waals surface area contributed by atoms with Gasteiger partial charge in [0.25, 0.3) is 0 Å². The largest absolute Gasteiger partial charge is 0.334 e. The molecular formula is C18H15Cl2FN2O. The summed E-state index contributed by atoms with van der Waals surface area (Å²) in [4.78, 5) is 17.8. The van der Waals surface area contributed by atoms with Gasteiger partial charge in [-0.2, -0.15) is 0 Å². The van der Waals surface area contributed by atoms with Crippen LogP contribution < -0.4 is 0 Å².